The summed E-state index contributed by atoms with van der Waals surface area (Å²) in [5, 5.41) is 8.10. The number of hydrogen-bond donors (Lipinski definition) is 2. The Kier molecular flexibility index (Phi) is 2.09. The highest BCUT2D eigenvalue weighted by Gasteiger charge is 2.09. The van der Waals surface area contributed by atoms with Crippen LogP contribution in [-0.4, -0.2) is 10.2 Å². The van der Waals surface area contributed by atoms with E-state index in [0.717, 1.165) is 21.1 Å². The van der Waals surface area contributed by atoms with Gasteiger partial charge < -0.3 is 5.73 Å². The minimum absolute atomic E-state index is 0.0256. The molecule has 13 heavy (non-hydrogen) atoms. The fraction of sp³-hybridized carbons (Fsp3) is 0.222. The van der Waals surface area contributed by atoms with Crippen molar-refractivity contribution < 1.29 is 0 Å². The highest BCUT2D eigenvalue weighted by molar-refractivity contribution is 9.10. The third-order valence-corrected chi connectivity index (χ3v) is 2.63. The second kappa shape index (κ2) is 3.12. The van der Waals surface area contributed by atoms with E-state index < -0.39 is 0 Å². The Labute approximate surface area is 84.4 Å². The maximum atomic E-state index is 5.85. The highest BCUT2D eigenvalue weighted by Crippen LogP contribution is 2.27. The smallest absolute Gasteiger partial charge is 0.109 e. The molecule has 1 aromatic heterocycles. The van der Waals surface area contributed by atoms with Crippen molar-refractivity contribution in [3.05, 3.63) is 28.4 Å². The van der Waals surface area contributed by atoms with Crippen LogP contribution < -0.4 is 5.73 Å². The number of fused-ring (bicyclic) bond motifs is 1. The van der Waals surface area contributed by atoms with Crippen LogP contribution in [0.1, 0.15) is 18.5 Å². The molecule has 0 saturated heterocycles. The molecule has 1 heterocycles. The molecule has 4 heteroatoms. The fourth-order valence-corrected chi connectivity index (χ4v) is 1.96. The van der Waals surface area contributed by atoms with Crippen LogP contribution in [0.5, 0.6) is 0 Å². The number of benzene rings is 1. The first-order valence-electron chi connectivity index (χ1n) is 4.08. The Balaban J connectivity index is 2.80. The van der Waals surface area contributed by atoms with Crippen LogP contribution >= 0.6 is 15.9 Å². The molecule has 0 bridgehead atoms. The largest absolute Gasteiger partial charge is 0.324 e. The van der Waals surface area contributed by atoms with Crippen LogP contribution in [0.4, 0.5) is 0 Å². The Morgan fingerprint density at radius 2 is 2.31 bits per heavy atom. The van der Waals surface area contributed by atoms with Crippen LogP contribution in [0.2, 0.25) is 0 Å². The fourth-order valence-electron chi connectivity index (χ4n) is 1.43. The number of aromatic amines is 1. The summed E-state index contributed by atoms with van der Waals surface area (Å²) in [6.45, 7) is 1.97. The summed E-state index contributed by atoms with van der Waals surface area (Å²) in [6, 6.07) is 5.97. The molecule has 0 aliphatic rings. The molecule has 2 rings (SSSR count). The Hall–Kier alpha value is -0.870. The van der Waals surface area contributed by atoms with Gasteiger partial charge in [-0.3, -0.25) is 5.10 Å². The molecule has 0 fully saturated rings. The number of rotatable bonds is 1. The van der Waals surface area contributed by atoms with Crippen LogP contribution in [0, 0.1) is 0 Å². The summed E-state index contributed by atoms with van der Waals surface area (Å²) >= 11 is 3.41. The van der Waals surface area contributed by atoms with Crippen molar-refractivity contribution in [1.29, 1.82) is 0 Å². The van der Waals surface area contributed by atoms with Gasteiger partial charge in [-0.1, -0.05) is 12.1 Å². The molecule has 1 aromatic carbocycles. The summed E-state index contributed by atoms with van der Waals surface area (Å²) in [5.74, 6) is 0. The van der Waals surface area contributed by atoms with Gasteiger partial charge in [-0.2, -0.15) is 5.10 Å². The molecule has 3 N–H and O–H groups in total. The lowest BCUT2D eigenvalue weighted by Crippen LogP contribution is -2.05. The molecule has 0 saturated carbocycles. The summed E-state index contributed by atoms with van der Waals surface area (Å²) < 4.78 is 0.899. The van der Waals surface area contributed by atoms with Crippen molar-refractivity contribution in [2.75, 3.05) is 0 Å². The van der Waals surface area contributed by atoms with E-state index in [1.807, 2.05) is 25.1 Å². The van der Waals surface area contributed by atoms with Crippen molar-refractivity contribution in [2.24, 2.45) is 5.73 Å². The zero-order valence-corrected chi connectivity index (χ0v) is 8.80. The SMILES string of the molecule is CC(N)c1cccc2n[nH]c(Br)c12. The average Bonchev–Trinajstić information content (AvgIpc) is 2.48. The van der Waals surface area contributed by atoms with Gasteiger partial charge in [0.15, 0.2) is 0 Å². The number of nitrogens with zero attached hydrogens (tertiary/aromatic N) is 1. The zero-order chi connectivity index (χ0) is 9.42. The van der Waals surface area contributed by atoms with E-state index in [1.165, 1.54) is 0 Å². The lowest BCUT2D eigenvalue weighted by atomic mass is 10.1. The van der Waals surface area contributed by atoms with Gasteiger partial charge in [0.25, 0.3) is 0 Å². The number of halogens is 1. The number of hydrogen-bond acceptors (Lipinski definition) is 2. The summed E-state index contributed by atoms with van der Waals surface area (Å²) in [7, 11) is 0. The van der Waals surface area contributed by atoms with E-state index in [9.17, 15) is 0 Å². The van der Waals surface area contributed by atoms with Crippen molar-refractivity contribution in [2.45, 2.75) is 13.0 Å². The molecule has 0 aliphatic carbocycles. The van der Waals surface area contributed by atoms with Gasteiger partial charge >= 0.3 is 0 Å². The highest BCUT2D eigenvalue weighted by atomic mass is 79.9. The maximum Gasteiger partial charge on any atom is 0.109 e. The first-order chi connectivity index (χ1) is 6.20. The Morgan fingerprint density at radius 1 is 1.54 bits per heavy atom. The summed E-state index contributed by atoms with van der Waals surface area (Å²) in [5.41, 5.74) is 7.90. The van der Waals surface area contributed by atoms with Gasteiger partial charge in [0.2, 0.25) is 0 Å². The van der Waals surface area contributed by atoms with E-state index >= 15 is 0 Å². The third kappa shape index (κ3) is 1.36. The van der Waals surface area contributed by atoms with Gasteiger partial charge in [0, 0.05) is 11.4 Å². The van der Waals surface area contributed by atoms with Crippen molar-refractivity contribution in [3.63, 3.8) is 0 Å². The molecule has 0 radical (unpaired) electrons. The van der Waals surface area contributed by atoms with E-state index in [0.29, 0.717) is 0 Å². The first kappa shape index (κ1) is 8.72. The van der Waals surface area contributed by atoms with E-state index in [2.05, 4.69) is 26.1 Å². The quantitative estimate of drug-likeness (QED) is 0.803. The monoisotopic (exact) mass is 239 g/mol. The molecule has 1 unspecified atom stereocenters. The van der Waals surface area contributed by atoms with Crippen LogP contribution in [0.3, 0.4) is 0 Å². The topological polar surface area (TPSA) is 54.7 Å². The summed E-state index contributed by atoms with van der Waals surface area (Å²) in [6.07, 6.45) is 0. The second-order valence-electron chi connectivity index (χ2n) is 3.07. The molecule has 0 aliphatic heterocycles. The first-order valence-corrected chi connectivity index (χ1v) is 4.87. The predicted octanol–water partition coefficient (Wildman–Crippen LogP) is 2.35. The normalized spacial score (nSPS) is 13.5. The minimum atomic E-state index is 0.0256. The molecule has 68 valence electrons. The number of aromatic nitrogens is 2. The van der Waals surface area contributed by atoms with Gasteiger partial charge in [0.1, 0.15) is 4.60 Å². The third-order valence-electron chi connectivity index (χ3n) is 2.06. The van der Waals surface area contributed by atoms with Crippen molar-refractivity contribution in [1.82, 2.24) is 10.2 Å². The number of nitrogens with two attached hydrogens (primary N) is 1. The van der Waals surface area contributed by atoms with E-state index in [1.54, 1.807) is 0 Å². The van der Waals surface area contributed by atoms with Crippen LogP contribution in [-0.2, 0) is 0 Å². The molecular formula is C9H10BrN3. The van der Waals surface area contributed by atoms with E-state index in [-0.39, 0.29) is 6.04 Å². The molecular weight excluding hydrogens is 230 g/mol. The van der Waals surface area contributed by atoms with Crippen LogP contribution in [0.15, 0.2) is 22.8 Å². The number of nitrogens with one attached hydrogen (secondary N) is 1. The summed E-state index contributed by atoms with van der Waals surface area (Å²) in [4.78, 5) is 0. The van der Waals surface area contributed by atoms with Crippen LogP contribution in [0.25, 0.3) is 10.9 Å². The molecule has 1 atom stereocenters. The van der Waals surface area contributed by atoms with Gasteiger partial charge in [-0.15, -0.1) is 0 Å². The van der Waals surface area contributed by atoms with Crippen molar-refractivity contribution in [3.8, 4) is 0 Å². The minimum Gasteiger partial charge on any atom is -0.324 e. The van der Waals surface area contributed by atoms with Gasteiger partial charge in [0.05, 0.1) is 5.52 Å². The lowest BCUT2D eigenvalue weighted by Gasteiger charge is -2.06. The molecule has 0 amide bonds. The van der Waals surface area contributed by atoms with Gasteiger partial charge in [-0.05, 0) is 34.5 Å². The average molecular weight is 240 g/mol. The predicted molar refractivity (Wildman–Crippen MR) is 56.4 cm³/mol. The zero-order valence-electron chi connectivity index (χ0n) is 7.21. The van der Waals surface area contributed by atoms with Crippen molar-refractivity contribution >= 4 is 26.8 Å². The molecule has 0 spiro atoms. The Bertz CT molecular complexity index is 433. The van der Waals surface area contributed by atoms with E-state index in [4.69, 9.17) is 5.73 Å². The number of H-pyrrole nitrogens is 1. The standard InChI is InChI=1S/C9H10BrN3/c1-5(11)6-3-2-4-7-8(6)9(10)13-12-7/h2-5H,11H2,1H3,(H,12,13). The molecule has 3 nitrogen and oxygen atoms in total. The molecule has 2 aromatic rings. The maximum absolute atomic E-state index is 5.85. The second-order valence-corrected chi connectivity index (χ2v) is 3.86. The lowest BCUT2D eigenvalue weighted by molar-refractivity contribution is 0.826. The van der Waals surface area contributed by atoms with Gasteiger partial charge in [-0.25, -0.2) is 0 Å². The Morgan fingerprint density at radius 3 is 3.00 bits per heavy atom.